The van der Waals surface area contributed by atoms with E-state index in [1.54, 1.807) is 13.3 Å². The molecular weight excluding hydrogens is 356 g/mol. The van der Waals surface area contributed by atoms with E-state index in [1.807, 2.05) is 18.2 Å². The van der Waals surface area contributed by atoms with Gasteiger partial charge in [0.1, 0.15) is 5.75 Å². The van der Waals surface area contributed by atoms with E-state index in [4.69, 9.17) is 14.6 Å². The third kappa shape index (κ3) is 5.67. The van der Waals surface area contributed by atoms with Gasteiger partial charge in [-0.1, -0.05) is 0 Å². The Labute approximate surface area is 160 Å². The van der Waals surface area contributed by atoms with Crippen LogP contribution in [0.25, 0.3) is 10.9 Å². The number of aromatic nitrogens is 2. The van der Waals surface area contributed by atoms with Crippen LogP contribution in [-0.2, 0) is 0 Å². The molecule has 1 aliphatic heterocycles. The molecule has 1 aliphatic rings. The highest BCUT2D eigenvalue weighted by molar-refractivity contribution is 5.85. The van der Waals surface area contributed by atoms with E-state index >= 15 is 0 Å². The Kier molecular flexibility index (Phi) is 8.31. The number of hydrogen-bond donors (Lipinski definition) is 1. The lowest BCUT2D eigenvalue weighted by molar-refractivity contribution is 0.108. The predicted molar refractivity (Wildman–Crippen MR) is 103 cm³/mol. The zero-order valence-corrected chi connectivity index (χ0v) is 16.0. The summed E-state index contributed by atoms with van der Waals surface area (Å²) >= 11 is 0. The number of ether oxygens (including phenoxy) is 2. The average molecular weight is 383 g/mol. The molecule has 3 rings (SSSR count). The van der Waals surface area contributed by atoms with Crippen LogP contribution in [0.2, 0.25) is 0 Å². The predicted octanol–water partition coefficient (Wildman–Crippen LogP) is 1.44. The van der Waals surface area contributed by atoms with Crippen molar-refractivity contribution in [1.29, 1.82) is 0 Å². The second-order valence-electron chi connectivity index (χ2n) is 6.19. The van der Waals surface area contributed by atoms with E-state index < -0.39 is 0 Å². The van der Waals surface area contributed by atoms with Crippen LogP contribution in [-0.4, -0.2) is 84.5 Å². The number of fused-ring (bicyclic) bond motifs is 1. The summed E-state index contributed by atoms with van der Waals surface area (Å²) in [5.41, 5.74) is 0.853. The highest BCUT2D eigenvalue weighted by Gasteiger charge is 2.15. The van der Waals surface area contributed by atoms with Crippen LogP contribution in [0.4, 0.5) is 0 Å². The van der Waals surface area contributed by atoms with Crippen LogP contribution >= 0.6 is 12.4 Å². The Morgan fingerprint density at radius 3 is 2.54 bits per heavy atom. The van der Waals surface area contributed by atoms with Gasteiger partial charge in [-0.25, -0.2) is 4.98 Å². The molecule has 7 nitrogen and oxygen atoms in total. The van der Waals surface area contributed by atoms with Crippen molar-refractivity contribution in [2.24, 2.45) is 0 Å². The van der Waals surface area contributed by atoms with E-state index in [9.17, 15) is 0 Å². The number of β-amino-alcohol motifs (C(OH)–C–C–N with tert-alkyl or cyclic N) is 1. The molecule has 0 unspecified atom stereocenters. The molecule has 0 atom stereocenters. The van der Waals surface area contributed by atoms with Crippen LogP contribution in [0.5, 0.6) is 11.8 Å². The summed E-state index contributed by atoms with van der Waals surface area (Å²) in [5.74, 6) is 0.795. The van der Waals surface area contributed by atoms with E-state index in [2.05, 4.69) is 19.8 Å². The zero-order chi connectivity index (χ0) is 17.5. The van der Waals surface area contributed by atoms with Crippen LogP contribution in [0.1, 0.15) is 6.42 Å². The summed E-state index contributed by atoms with van der Waals surface area (Å²) in [7, 11) is 1.64. The van der Waals surface area contributed by atoms with Crippen molar-refractivity contribution < 1.29 is 14.6 Å². The van der Waals surface area contributed by atoms with Crippen molar-refractivity contribution in [3.63, 3.8) is 0 Å². The van der Waals surface area contributed by atoms with Crippen molar-refractivity contribution in [3.8, 4) is 11.8 Å². The average Bonchev–Trinajstić information content (AvgIpc) is 2.66. The number of methoxy groups -OCH3 is 1. The molecule has 2 heterocycles. The number of benzene rings is 1. The highest BCUT2D eigenvalue weighted by Crippen LogP contribution is 2.20. The Morgan fingerprint density at radius 1 is 1.12 bits per heavy atom. The molecule has 0 radical (unpaired) electrons. The molecule has 1 saturated heterocycles. The summed E-state index contributed by atoms with van der Waals surface area (Å²) in [6.07, 6.45) is 2.71. The first kappa shape index (κ1) is 20.6. The molecule has 0 spiro atoms. The monoisotopic (exact) mass is 382 g/mol. The van der Waals surface area contributed by atoms with Gasteiger partial charge in [0.2, 0.25) is 0 Å². The molecule has 26 heavy (non-hydrogen) atoms. The van der Waals surface area contributed by atoms with Gasteiger partial charge in [-0.2, -0.15) is 4.98 Å². The molecule has 8 heteroatoms. The van der Waals surface area contributed by atoms with Gasteiger partial charge in [0, 0.05) is 50.9 Å². The van der Waals surface area contributed by atoms with Crippen molar-refractivity contribution in [2.75, 3.05) is 59.6 Å². The minimum absolute atomic E-state index is 0. The van der Waals surface area contributed by atoms with Crippen LogP contribution in [0.15, 0.2) is 24.4 Å². The molecule has 1 aromatic heterocycles. The highest BCUT2D eigenvalue weighted by atomic mass is 35.5. The standard InChI is InChI=1S/C18H26N4O3.ClH/c1-24-16-3-4-17-15(13-16)14-19-18(20-17)25-12-2-5-21-6-8-22(9-7-21)10-11-23;/h3-4,13-14,23H,2,5-12H2,1H3;1H. The molecule has 0 amide bonds. The minimum Gasteiger partial charge on any atom is -0.497 e. The minimum atomic E-state index is 0. The number of aliphatic hydroxyl groups excluding tert-OH is 1. The fraction of sp³-hybridized carbons (Fsp3) is 0.556. The first-order valence-corrected chi connectivity index (χ1v) is 8.77. The number of halogens is 1. The van der Waals surface area contributed by atoms with Gasteiger partial charge in [0.15, 0.2) is 0 Å². The Balaban J connectivity index is 0.00000243. The maximum absolute atomic E-state index is 8.97. The first-order chi connectivity index (χ1) is 12.3. The molecule has 144 valence electrons. The Hall–Kier alpha value is -1.67. The summed E-state index contributed by atoms with van der Waals surface area (Å²) in [6, 6.07) is 6.13. The molecule has 1 aromatic carbocycles. The number of rotatable bonds is 8. The quantitative estimate of drug-likeness (QED) is 0.692. The van der Waals surface area contributed by atoms with E-state index in [0.717, 1.165) is 62.3 Å². The molecule has 1 fully saturated rings. The van der Waals surface area contributed by atoms with Gasteiger partial charge >= 0.3 is 6.01 Å². The summed E-state index contributed by atoms with van der Waals surface area (Å²) < 4.78 is 10.9. The van der Waals surface area contributed by atoms with Gasteiger partial charge in [-0.3, -0.25) is 4.90 Å². The van der Waals surface area contributed by atoms with Crippen LogP contribution in [0.3, 0.4) is 0 Å². The van der Waals surface area contributed by atoms with Crippen molar-refractivity contribution in [1.82, 2.24) is 19.8 Å². The summed E-state index contributed by atoms with van der Waals surface area (Å²) in [6.45, 7) is 6.80. The molecule has 2 aromatic rings. The van der Waals surface area contributed by atoms with Crippen molar-refractivity contribution in [3.05, 3.63) is 24.4 Å². The lowest BCUT2D eigenvalue weighted by Gasteiger charge is -2.34. The maximum atomic E-state index is 8.97. The lowest BCUT2D eigenvalue weighted by atomic mass is 10.2. The molecule has 0 bridgehead atoms. The topological polar surface area (TPSA) is 71.0 Å². The second-order valence-corrected chi connectivity index (χ2v) is 6.19. The Morgan fingerprint density at radius 2 is 1.85 bits per heavy atom. The Bertz CT molecular complexity index is 681. The number of piperazine rings is 1. The normalized spacial score (nSPS) is 15.6. The SMILES string of the molecule is COc1ccc2nc(OCCCN3CCN(CCO)CC3)ncc2c1.Cl. The van der Waals surface area contributed by atoms with Gasteiger partial charge in [-0.15, -0.1) is 12.4 Å². The zero-order valence-electron chi connectivity index (χ0n) is 15.1. The summed E-state index contributed by atoms with van der Waals surface area (Å²) in [5, 5.41) is 9.91. The van der Waals surface area contributed by atoms with Gasteiger partial charge in [0.05, 0.1) is 25.8 Å². The molecule has 1 N–H and O–H groups in total. The van der Waals surface area contributed by atoms with Gasteiger partial charge < -0.3 is 19.5 Å². The number of nitrogens with zero attached hydrogens (tertiary/aromatic N) is 4. The largest absolute Gasteiger partial charge is 0.497 e. The first-order valence-electron chi connectivity index (χ1n) is 8.77. The fourth-order valence-corrected chi connectivity index (χ4v) is 3.02. The van der Waals surface area contributed by atoms with Crippen molar-refractivity contribution >= 4 is 23.3 Å². The second kappa shape index (κ2) is 10.5. The van der Waals surface area contributed by atoms with Gasteiger partial charge in [0.25, 0.3) is 0 Å². The third-order valence-electron chi connectivity index (χ3n) is 4.50. The molecular formula is C18H27ClN4O3. The maximum Gasteiger partial charge on any atom is 0.316 e. The van der Waals surface area contributed by atoms with Gasteiger partial charge in [-0.05, 0) is 24.6 Å². The molecule has 0 saturated carbocycles. The molecule has 0 aliphatic carbocycles. The smallest absolute Gasteiger partial charge is 0.316 e. The lowest BCUT2D eigenvalue weighted by Crippen LogP contribution is -2.47. The van der Waals surface area contributed by atoms with Crippen LogP contribution in [0, 0.1) is 0 Å². The van der Waals surface area contributed by atoms with E-state index in [-0.39, 0.29) is 19.0 Å². The summed E-state index contributed by atoms with van der Waals surface area (Å²) in [4.78, 5) is 13.4. The van der Waals surface area contributed by atoms with Crippen LogP contribution < -0.4 is 9.47 Å². The van der Waals surface area contributed by atoms with E-state index in [0.29, 0.717) is 12.6 Å². The third-order valence-corrected chi connectivity index (χ3v) is 4.50. The number of hydrogen-bond acceptors (Lipinski definition) is 7. The van der Waals surface area contributed by atoms with E-state index in [1.165, 1.54) is 0 Å². The fourth-order valence-electron chi connectivity index (χ4n) is 3.02. The van der Waals surface area contributed by atoms with Crippen molar-refractivity contribution in [2.45, 2.75) is 6.42 Å². The number of aliphatic hydroxyl groups is 1.